The fourth-order valence-electron chi connectivity index (χ4n) is 3.37. The van der Waals surface area contributed by atoms with Crippen LogP contribution in [0.4, 0.5) is 5.69 Å². The second-order valence-corrected chi connectivity index (χ2v) is 6.36. The summed E-state index contributed by atoms with van der Waals surface area (Å²) in [6.07, 6.45) is 2.32. The number of amides is 2. The first-order chi connectivity index (χ1) is 11.7. The predicted molar refractivity (Wildman–Crippen MR) is 99.4 cm³/mol. The van der Waals surface area contributed by atoms with Gasteiger partial charge in [-0.3, -0.25) is 9.59 Å². The van der Waals surface area contributed by atoms with Crippen molar-refractivity contribution in [2.45, 2.75) is 32.2 Å². The fraction of sp³-hybridized carbons (Fsp3) is 0.556. The molecule has 0 bridgehead atoms. The Morgan fingerprint density at radius 1 is 1.40 bits per heavy atom. The highest BCUT2D eigenvalue weighted by Crippen LogP contribution is 2.33. The van der Waals surface area contributed by atoms with Crippen LogP contribution in [-0.2, 0) is 9.59 Å². The van der Waals surface area contributed by atoms with E-state index in [0.717, 1.165) is 31.6 Å². The van der Waals surface area contributed by atoms with Gasteiger partial charge >= 0.3 is 0 Å². The van der Waals surface area contributed by atoms with E-state index in [0.29, 0.717) is 18.9 Å². The van der Waals surface area contributed by atoms with E-state index in [4.69, 9.17) is 4.74 Å². The van der Waals surface area contributed by atoms with Crippen molar-refractivity contribution in [1.82, 2.24) is 10.6 Å². The topological polar surface area (TPSA) is 70.7 Å². The summed E-state index contributed by atoms with van der Waals surface area (Å²) in [4.78, 5) is 26.6. The van der Waals surface area contributed by atoms with E-state index in [2.05, 4.69) is 10.6 Å². The molecule has 6 nitrogen and oxygen atoms in total. The summed E-state index contributed by atoms with van der Waals surface area (Å²) in [7, 11) is 0. The van der Waals surface area contributed by atoms with Crippen LogP contribution in [0.1, 0.15) is 26.2 Å². The maximum atomic E-state index is 12.5. The first-order valence-electron chi connectivity index (χ1n) is 8.72. The monoisotopic (exact) mass is 367 g/mol. The molecule has 2 amide bonds. The SMILES string of the molecule is CCOc1ccccc1N1CC(C(=O)N[C@H]2CCCNC2)CC1=O.Cl. The summed E-state index contributed by atoms with van der Waals surface area (Å²) in [5.41, 5.74) is 0.749. The van der Waals surface area contributed by atoms with Gasteiger partial charge in [0.1, 0.15) is 5.75 Å². The zero-order valence-corrected chi connectivity index (χ0v) is 15.3. The number of ether oxygens (including phenoxy) is 1. The largest absolute Gasteiger partial charge is 0.492 e. The lowest BCUT2D eigenvalue weighted by molar-refractivity contribution is -0.127. The molecule has 1 aromatic rings. The molecule has 0 saturated carbocycles. The van der Waals surface area contributed by atoms with E-state index in [1.807, 2.05) is 31.2 Å². The molecular weight excluding hydrogens is 342 g/mol. The number of piperidine rings is 1. The minimum Gasteiger partial charge on any atom is -0.492 e. The number of nitrogens with zero attached hydrogens (tertiary/aromatic N) is 1. The number of hydrogen-bond acceptors (Lipinski definition) is 4. The van der Waals surface area contributed by atoms with Crippen LogP contribution in [0.2, 0.25) is 0 Å². The average molecular weight is 368 g/mol. The van der Waals surface area contributed by atoms with E-state index in [-0.39, 0.29) is 42.6 Å². The number of hydrogen-bond donors (Lipinski definition) is 2. The molecule has 0 aromatic heterocycles. The van der Waals surface area contributed by atoms with Gasteiger partial charge in [0.05, 0.1) is 18.2 Å². The molecule has 2 saturated heterocycles. The summed E-state index contributed by atoms with van der Waals surface area (Å²) >= 11 is 0. The number of para-hydroxylation sites is 2. The zero-order chi connectivity index (χ0) is 16.9. The van der Waals surface area contributed by atoms with Gasteiger partial charge in [0.15, 0.2) is 0 Å². The quantitative estimate of drug-likeness (QED) is 0.831. The van der Waals surface area contributed by atoms with Crippen molar-refractivity contribution in [3.05, 3.63) is 24.3 Å². The van der Waals surface area contributed by atoms with Crippen LogP contribution in [-0.4, -0.2) is 44.1 Å². The van der Waals surface area contributed by atoms with Crippen LogP contribution in [0, 0.1) is 5.92 Å². The molecular formula is C18H26ClN3O3. The smallest absolute Gasteiger partial charge is 0.227 e. The van der Waals surface area contributed by atoms with Crippen LogP contribution in [0.5, 0.6) is 5.75 Å². The van der Waals surface area contributed by atoms with Crippen LogP contribution in [0.15, 0.2) is 24.3 Å². The van der Waals surface area contributed by atoms with Gasteiger partial charge in [0.25, 0.3) is 0 Å². The molecule has 2 heterocycles. The van der Waals surface area contributed by atoms with Gasteiger partial charge in [-0.15, -0.1) is 12.4 Å². The van der Waals surface area contributed by atoms with Gasteiger partial charge in [0, 0.05) is 25.6 Å². The third-order valence-corrected chi connectivity index (χ3v) is 4.59. The number of nitrogens with one attached hydrogen (secondary N) is 2. The van der Waals surface area contributed by atoms with Crippen LogP contribution < -0.4 is 20.3 Å². The highest BCUT2D eigenvalue weighted by molar-refractivity contribution is 6.01. The van der Waals surface area contributed by atoms with Crippen LogP contribution >= 0.6 is 12.4 Å². The summed E-state index contributed by atoms with van der Waals surface area (Å²) in [6, 6.07) is 7.66. The van der Waals surface area contributed by atoms with E-state index in [9.17, 15) is 9.59 Å². The standard InChI is InChI=1S/C18H25N3O3.ClH/c1-2-24-16-8-4-3-7-15(16)21-12-13(10-17(21)22)18(23)20-14-6-5-9-19-11-14;/h3-4,7-8,13-14,19H,2,5-6,9-12H2,1H3,(H,20,23);1H/t13?,14-;/m0./s1. The highest BCUT2D eigenvalue weighted by atomic mass is 35.5. The van der Waals surface area contributed by atoms with Crippen molar-refractivity contribution in [2.24, 2.45) is 5.92 Å². The van der Waals surface area contributed by atoms with Crippen molar-refractivity contribution in [1.29, 1.82) is 0 Å². The number of anilines is 1. The maximum absolute atomic E-state index is 12.5. The molecule has 2 N–H and O–H groups in total. The van der Waals surface area contributed by atoms with Crippen molar-refractivity contribution in [3.8, 4) is 5.75 Å². The Morgan fingerprint density at radius 3 is 2.92 bits per heavy atom. The Hall–Kier alpha value is -1.79. The number of carbonyl (C=O) groups excluding carboxylic acids is 2. The van der Waals surface area contributed by atoms with E-state index in [1.54, 1.807) is 4.90 Å². The molecule has 2 fully saturated rings. The minimum absolute atomic E-state index is 0. The molecule has 2 aliphatic heterocycles. The van der Waals surface area contributed by atoms with Crippen molar-refractivity contribution in [2.75, 3.05) is 31.1 Å². The zero-order valence-electron chi connectivity index (χ0n) is 14.5. The number of benzene rings is 1. The Bertz CT molecular complexity index is 605. The van der Waals surface area contributed by atoms with E-state index in [1.165, 1.54) is 0 Å². The van der Waals surface area contributed by atoms with Gasteiger partial charge in [-0.25, -0.2) is 0 Å². The van der Waals surface area contributed by atoms with Gasteiger partial charge in [-0.2, -0.15) is 0 Å². The van der Waals surface area contributed by atoms with Crippen LogP contribution in [0.25, 0.3) is 0 Å². The Morgan fingerprint density at radius 2 is 2.20 bits per heavy atom. The lowest BCUT2D eigenvalue weighted by Gasteiger charge is -2.25. The molecule has 25 heavy (non-hydrogen) atoms. The molecule has 1 unspecified atom stereocenters. The number of rotatable bonds is 5. The highest BCUT2D eigenvalue weighted by Gasteiger charge is 2.36. The molecule has 2 atom stereocenters. The molecule has 0 radical (unpaired) electrons. The van der Waals surface area contributed by atoms with E-state index >= 15 is 0 Å². The minimum atomic E-state index is -0.297. The molecule has 0 spiro atoms. The lowest BCUT2D eigenvalue weighted by atomic mass is 10.0. The molecule has 138 valence electrons. The fourth-order valence-corrected chi connectivity index (χ4v) is 3.37. The number of halogens is 1. The van der Waals surface area contributed by atoms with Crippen molar-refractivity contribution in [3.63, 3.8) is 0 Å². The maximum Gasteiger partial charge on any atom is 0.227 e. The molecule has 0 aliphatic carbocycles. The Balaban J connectivity index is 0.00000225. The van der Waals surface area contributed by atoms with Gasteiger partial charge in [-0.05, 0) is 38.4 Å². The Labute approximate surface area is 154 Å². The third-order valence-electron chi connectivity index (χ3n) is 4.59. The molecule has 2 aliphatic rings. The second kappa shape index (κ2) is 9.06. The van der Waals surface area contributed by atoms with E-state index < -0.39 is 0 Å². The summed E-state index contributed by atoms with van der Waals surface area (Å²) in [5.74, 6) is 0.345. The molecule has 7 heteroatoms. The van der Waals surface area contributed by atoms with Crippen LogP contribution in [0.3, 0.4) is 0 Å². The molecule has 1 aromatic carbocycles. The summed E-state index contributed by atoms with van der Waals surface area (Å²) in [6.45, 7) is 4.68. The Kier molecular flexibility index (Phi) is 7.08. The van der Waals surface area contributed by atoms with Crippen molar-refractivity contribution < 1.29 is 14.3 Å². The summed E-state index contributed by atoms with van der Waals surface area (Å²) < 4.78 is 5.61. The second-order valence-electron chi connectivity index (χ2n) is 6.36. The lowest BCUT2D eigenvalue weighted by Crippen LogP contribution is -2.47. The van der Waals surface area contributed by atoms with Gasteiger partial charge < -0.3 is 20.3 Å². The third kappa shape index (κ3) is 4.64. The predicted octanol–water partition coefficient (Wildman–Crippen LogP) is 1.73. The number of carbonyl (C=O) groups is 2. The first-order valence-corrected chi connectivity index (χ1v) is 8.72. The summed E-state index contributed by atoms with van der Waals surface area (Å²) in [5, 5.41) is 6.37. The van der Waals surface area contributed by atoms with Gasteiger partial charge in [0.2, 0.25) is 11.8 Å². The molecule has 3 rings (SSSR count). The van der Waals surface area contributed by atoms with Crippen molar-refractivity contribution >= 4 is 29.9 Å². The average Bonchev–Trinajstić information content (AvgIpc) is 2.98. The normalized spacial score (nSPS) is 23.1. The van der Waals surface area contributed by atoms with Gasteiger partial charge in [-0.1, -0.05) is 12.1 Å². The first kappa shape index (κ1) is 19.5.